The van der Waals surface area contributed by atoms with E-state index < -0.39 is 9.05 Å². The molecule has 0 saturated carbocycles. The van der Waals surface area contributed by atoms with Crippen LogP contribution in [0.2, 0.25) is 0 Å². The number of hydrogen-bond donors (Lipinski definition) is 0. The largest absolute Gasteiger partial charge is 0.381 e. The van der Waals surface area contributed by atoms with E-state index in [9.17, 15) is 8.42 Å². The van der Waals surface area contributed by atoms with Gasteiger partial charge in [-0.15, -0.1) is 0 Å². The standard InChI is InChI=1S/C5H9ClO3S/c1-9-4-2-3-5-10(6,7)8/h2-3H,4-5H2,1H3/b3-2+. The normalized spacial score (nSPS) is 12.6. The van der Waals surface area contributed by atoms with Crippen molar-refractivity contribution in [3.05, 3.63) is 12.2 Å². The number of rotatable bonds is 4. The number of methoxy groups -OCH3 is 1. The van der Waals surface area contributed by atoms with E-state index in [1.807, 2.05) is 0 Å². The van der Waals surface area contributed by atoms with E-state index in [4.69, 9.17) is 10.7 Å². The van der Waals surface area contributed by atoms with E-state index in [0.29, 0.717) is 6.61 Å². The van der Waals surface area contributed by atoms with Gasteiger partial charge in [0.2, 0.25) is 9.05 Å². The Labute approximate surface area is 65.1 Å². The van der Waals surface area contributed by atoms with Crippen LogP contribution in [-0.4, -0.2) is 27.9 Å². The van der Waals surface area contributed by atoms with E-state index in [-0.39, 0.29) is 5.75 Å². The molecule has 0 atom stereocenters. The van der Waals surface area contributed by atoms with Crippen LogP contribution in [0.5, 0.6) is 0 Å². The molecule has 5 heteroatoms. The predicted molar refractivity (Wildman–Crippen MR) is 40.7 cm³/mol. The smallest absolute Gasteiger partial charge is 0.236 e. The van der Waals surface area contributed by atoms with Crippen LogP contribution in [0.4, 0.5) is 0 Å². The lowest BCUT2D eigenvalue weighted by atomic mass is 10.6. The molecule has 0 aromatic carbocycles. The molecule has 0 aliphatic heterocycles. The molecule has 0 rings (SSSR count). The summed E-state index contributed by atoms with van der Waals surface area (Å²) in [5.41, 5.74) is 0. The second-order valence-electron chi connectivity index (χ2n) is 1.63. The van der Waals surface area contributed by atoms with Crippen LogP contribution < -0.4 is 0 Å². The van der Waals surface area contributed by atoms with Crippen LogP contribution in [0.1, 0.15) is 0 Å². The van der Waals surface area contributed by atoms with Crippen LogP contribution in [-0.2, 0) is 13.8 Å². The van der Waals surface area contributed by atoms with Crippen LogP contribution in [0, 0.1) is 0 Å². The third-order valence-corrected chi connectivity index (χ3v) is 1.69. The minimum Gasteiger partial charge on any atom is -0.381 e. The van der Waals surface area contributed by atoms with E-state index in [0.717, 1.165) is 0 Å². The Bertz CT molecular complexity index is 195. The maximum atomic E-state index is 10.3. The highest BCUT2D eigenvalue weighted by atomic mass is 35.7. The predicted octanol–water partition coefficient (Wildman–Crippen LogP) is 0.758. The van der Waals surface area contributed by atoms with Crippen molar-refractivity contribution in [2.75, 3.05) is 19.5 Å². The average Bonchev–Trinajstić information content (AvgIpc) is 1.78. The van der Waals surface area contributed by atoms with Crippen molar-refractivity contribution in [3.63, 3.8) is 0 Å². The van der Waals surface area contributed by atoms with Gasteiger partial charge in [0.15, 0.2) is 0 Å². The molecule has 0 fully saturated rings. The summed E-state index contributed by atoms with van der Waals surface area (Å²) in [5.74, 6) is -0.141. The molecule has 0 unspecified atom stereocenters. The Morgan fingerprint density at radius 2 is 2.10 bits per heavy atom. The van der Waals surface area contributed by atoms with Crippen molar-refractivity contribution >= 4 is 19.7 Å². The van der Waals surface area contributed by atoms with Crippen molar-refractivity contribution in [2.24, 2.45) is 0 Å². The Balaban J connectivity index is 3.55. The molecule has 0 radical (unpaired) electrons. The van der Waals surface area contributed by atoms with E-state index >= 15 is 0 Å². The first-order valence-electron chi connectivity index (χ1n) is 2.62. The summed E-state index contributed by atoms with van der Waals surface area (Å²) in [4.78, 5) is 0. The number of halogens is 1. The minimum absolute atomic E-state index is 0.141. The van der Waals surface area contributed by atoms with Crippen LogP contribution in [0.3, 0.4) is 0 Å². The number of ether oxygens (including phenoxy) is 1. The van der Waals surface area contributed by atoms with Crippen molar-refractivity contribution in [1.82, 2.24) is 0 Å². The maximum Gasteiger partial charge on any atom is 0.236 e. The summed E-state index contributed by atoms with van der Waals surface area (Å²) >= 11 is 0. The van der Waals surface area contributed by atoms with Gasteiger partial charge in [-0.2, -0.15) is 0 Å². The summed E-state index contributed by atoms with van der Waals surface area (Å²) in [6.07, 6.45) is 3.05. The summed E-state index contributed by atoms with van der Waals surface area (Å²) in [5, 5.41) is 0. The van der Waals surface area contributed by atoms with Crippen molar-refractivity contribution in [1.29, 1.82) is 0 Å². The third kappa shape index (κ3) is 7.94. The third-order valence-electron chi connectivity index (χ3n) is 0.725. The summed E-state index contributed by atoms with van der Waals surface area (Å²) < 4.78 is 25.2. The highest BCUT2D eigenvalue weighted by Gasteiger charge is 1.98. The van der Waals surface area contributed by atoms with Gasteiger partial charge < -0.3 is 4.74 Å². The molecule has 0 bridgehead atoms. The van der Waals surface area contributed by atoms with Gasteiger partial charge in [-0.1, -0.05) is 12.2 Å². The van der Waals surface area contributed by atoms with Gasteiger partial charge in [-0.25, -0.2) is 8.42 Å². The molecule has 0 spiro atoms. The quantitative estimate of drug-likeness (QED) is 0.479. The van der Waals surface area contributed by atoms with Crippen molar-refractivity contribution in [2.45, 2.75) is 0 Å². The van der Waals surface area contributed by atoms with Gasteiger partial charge in [0.25, 0.3) is 0 Å². The molecule has 60 valence electrons. The number of hydrogen-bond acceptors (Lipinski definition) is 3. The second kappa shape index (κ2) is 4.71. The van der Waals surface area contributed by atoms with Crippen molar-refractivity contribution in [3.8, 4) is 0 Å². The lowest BCUT2D eigenvalue weighted by Gasteiger charge is -1.87. The molecular formula is C5H9ClO3S. The summed E-state index contributed by atoms with van der Waals surface area (Å²) in [7, 11) is 3.04. The summed E-state index contributed by atoms with van der Waals surface area (Å²) in [6.45, 7) is 0.409. The lowest BCUT2D eigenvalue weighted by molar-refractivity contribution is 0.234. The molecule has 0 aliphatic carbocycles. The van der Waals surface area contributed by atoms with Gasteiger partial charge in [-0.05, 0) is 0 Å². The van der Waals surface area contributed by atoms with Gasteiger partial charge in [0.05, 0.1) is 12.4 Å². The fraction of sp³-hybridized carbons (Fsp3) is 0.600. The first kappa shape index (κ1) is 9.94. The zero-order valence-corrected chi connectivity index (χ0v) is 7.15. The minimum atomic E-state index is -3.37. The zero-order chi connectivity index (χ0) is 8.04. The second-order valence-corrected chi connectivity index (χ2v) is 4.45. The lowest BCUT2D eigenvalue weighted by Crippen LogP contribution is -1.93. The topological polar surface area (TPSA) is 43.4 Å². The fourth-order valence-electron chi connectivity index (χ4n) is 0.347. The molecule has 0 aliphatic rings. The van der Waals surface area contributed by atoms with Crippen molar-refractivity contribution < 1.29 is 13.2 Å². The molecular weight excluding hydrogens is 176 g/mol. The Morgan fingerprint density at radius 3 is 2.50 bits per heavy atom. The first-order chi connectivity index (χ1) is 4.56. The molecule has 0 N–H and O–H groups in total. The molecule has 0 heterocycles. The molecule has 0 aromatic rings. The van der Waals surface area contributed by atoms with Gasteiger partial charge in [0.1, 0.15) is 0 Å². The van der Waals surface area contributed by atoms with Crippen LogP contribution in [0.25, 0.3) is 0 Å². The van der Waals surface area contributed by atoms with Gasteiger partial charge in [0, 0.05) is 17.8 Å². The van der Waals surface area contributed by atoms with Crippen LogP contribution in [0.15, 0.2) is 12.2 Å². The highest BCUT2D eigenvalue weighted by Crippen LogP contribution is 1.95. The first-order valence-corrected chi connectivity index (χ1v) is 5.10. The monoisotopic (exact) mass is 184 g/mol. The Morgan fingerprint density at radius 1 is 1.50 bits per heavy atom. The Kier molecular flexibility index (Phi) is 4.68. The van der Waals surface area contributed by atoms with Crippen LogP contribution >= 0.6 is 10.7 Å². The molecule has 0 saturated heterocycles. The fourth-order valence-corrected chi connectivity index (χ4v) is 0.931. The Hall–Kier alpha value is -0.0600. The zero-order valence-electron chi connectivity index (χ0n) is 5.58. The molecule has 10 heavy (non-hydrogen) atoms. The van der Waals surface area contributed by atoms with Gasteiger partial charge >= 0.3 is 0 Å². The average molecular weight is 185 g/mol. The van der Waals surface area contributed by atoms with Gasteiger partial charge in [-0.3, -0.25) is 0 Å². The molecule has 0 amide bonds. The SMILES string of the molecule is COC/C=C/CS(=O)(=O)Cl. The van der Waals surface area contributed by atoms with E-state index in [1.54, 1.807) is 6.08 Å². The summed E-state index contributed by atoms with van der Waals surface area (Å²) in [6, 6.07) is 0. The van der Waals surface area contributed by atoms with E-state index in [2.05, 4.69) is 4.74 Å². The maximum absolute atomic E-state index is 10.3. The highest BCUT2D eigenvalue weighted by molar-refractivity contribution is 8.13. The molecule has 0 aromatic heterocycles. The molecule has 3 nitrogen and oxygen atoms in total. The van der Waals surface area contributed by atoms with E-state index in [1.165, 1.54) is 13.2 Å².